The van der Waals surface area contributed by atoms with Crippen LogP contribution in [0.2, 0.25) is 0 Å². The predicted octanol–water partition coefficient (Wildman–Crippen LogP) is 1.43. The fourth-order valence-corrected chi connectivity index (χ4v) is 2.56. The zero-order valence-corrected chi connectivity index (χ0v) is 12.1. The summed E-state index contributed by atoms with van der Waals surface area (Å²) >= 11 is 2.51. The maximum Gasteiger partial charge on any atom is 0.236 e. The van der Waals surface area contributed by atoms with E-state index in [9.17, 15) is 4.79 Å². The van der Waals surface area contributed by atoms with E-state index in [4.69, 9.17) is 11.0 Å². The number of carbonyl (C=O) groups is 1. The van der Waals surface area contributed by atoms with Crippen LogP contribution in [0.4, 0.5) is 10.9 Å². The van der Waals surface area contributed by atoms with E-state index < -0.39 is 0 Å². The van der Waals surface area contributed by atoms with Crippen LogP contribution in [0.3, 0.4) is 0 Å². The van der Waals surface area contributed by atoms with Crippen molar-refractivity contribution in [3.05, 3.63) is 22.8 Å². The lowest BCUT2D eigenvalue weighted by atomic mass is 10.3. The van der Waals surface area contributed by atoms with Crippen molar-refractivity contribution in [1.29, 1.82) is 5.26 Å². The van der Waals surface area contributed by atoms with Crippen molar-refractivity contribution < 1.29 is 4.79 Å². The average molecular weight is 306 g/mol. The Kier molecular flexibility index (Phi) is 4.49. The third-order valence-electron chi connectivity index (χ3n) is 2.11. The van der Waals surface area contributed by atoms with Crippen molar-refractivity contribution in [2.24, 2.45) is 0 Å². The lowest BCUT2D eigenvalue weighted by Gasteiger charge is -2.02. The highest BCUT2D eigenvalue weighted by Gasteiger charge is 2.09. The molecule has 0 unspecified atom stereocenters. The highest BCUT2D eigenvalue weighted by atomic mass is 32.2. The topological polar surface area (TPSA) is 118 Å². The number of nitrogens with zero attached hydrogens (tertiary/aromatic N) is 4. The van der Waals surface area contributed by atoms with Crippen molar-refractivity contribution in [3.8, 4) is 6.07 Å². The third kappa shape index (κ3) is 3.66. The van der Waals surface area contributed by atoms with Crippen molar-refractivity contribution >= 4 is 40.0 Å². The van der Waals surface area contributed by atoms with Gasteiger partial charge in [-0.25, -0.2) is 15.0 Å². The molecule has 20 heavy (non-hydrogen) atoms. The average Bonchev–Trinajstić information content (AvgIpc) is 2.82. The van der Waals surface area contributed by atoms with Crippen LogP contribution in [-0.2, 0) is 4.79 Å². The summed E-state index contributed by atoms with van der Waals surface area (Å²) in [4.78, 5) is 23.7. The van der Waals surface area contributed by atoms with Gasteiger partial charge in [-0.05, 0) is 6.92 Å². The van der Waals surface area contributed by atoms with Gasteiger partial charge in [0.1, 0.15) is 17.5 Å². The molecule has 0 saturated carbocycles. The number of amides is 1. The molecule has 2 rings (SSSR count). The molecule has 0 aliphatic rings. The van der Waals surface area contributed by atoms with Gasteiger partial charge in [0, 0.05) is 5.38 Å². The zero-order chi connectivity index (χ0) is 14.5. The minimum absolute atomic E-state index is 0.112. The quantitative estimate of drug-likeness (QED) is 0.648. The van der Waals surface area contributed by atoms with Crippen LogP contribution in [0.25, 0.3) is 0 Å². The summed E-state index contributed by atoms with van der Waals surface area (Å²) in [6.07, 6.45) is 1.34. The minimum atomic E-state index is -0.198. The SMILES string of the molecule is Cc1csc(NC(=O)CSc2ncc(C#N)c(N)n2)n1. The fourth-order valence-electron chi connectivity index (χ4n) is 1.23. The van der Waals surface area contributed by atoms with E-state index in [0.717, 1.165) is 17.5 Å². The summed E-state index contributed by atoms with van der Waals surface area (Å²) < 4.78 is 0. The van der Waals surface area contributed by atoms with Gasteiger partial charge in [-0.1, -0.05) is 11.8 Å². The Hall–Kier alpha value is -2.18. The largest absolute Gasteiger partial charge is 0.382 e. The number of aromatic nitrogens is 3. The first-order chi connectivity index (χ1) is 9.58. The Morgan fingerprint density at radius 3 is 3.00 bits per heavy atom. The van der Waals surface area contributed by atoms with E-state index in [2.05, 4.69) is 20.3 Å². The van der Waals surface area contributed by atoms with Crippen LogP contribution >= 0.6 is 23.1 Å². The number of nitrogens with one attached hydrogen (secondary N) is 1. The number of nitrogen functional groups attached to an aromatic ring is 1. The van der Waals surface area contributed by atoms with Gasteiger partial charge in [-0.3, -0.25) is 4.79 Å². The summed E-state index contributed by atoms with van der Waals surface area (Å²) in [5.41, 5.74) is 6.65. The molecule has 0 radical (unpaired) electrons. The molecule has 9 heteroatoms. The predicted molar refractivity (Wildman–Crippen MR) is 77.4 cm³/mol. The molecule has 0 saturated heterocycles. The molecule has 0 atom stereocenters. The smallest absolute Gasteiger partial charge is 0.236 e. The van der Waals surface area contributed by atoms with Gasteiger partial charge < -0.3 is 11.1 Å². The molecule has 0 aromatic carbocycles. The second-order valence-electron chi connectivity index (χ2n) is 3.69. The molecule has 0 fully saturated rings. The second kappa shape index (κ2) is 6.31. The number of carbonyl (C=O) groups excluding carboxylic acids is 1. The number of hydrogen-bond acceptors (Lipinski definition) is 8. The van der Waals surface area contributed by atoms with Crippen molar-refractivity contribution in [1.82, 2.24) is 15.0 Å². The second-order valence-corrected chi connectivity index (χ2v) is 5.49. The number of anilines is 2. The van der Waals surface area contributed by atoms with Crippen LogP contribution in [-0.4, -0.2) is 26.6 Å². The Balaban J connectivity index is 1.90. The van der Waals surface area contributed by atoms with Gasteiger partial charge in [0.05, 0.1) is 17.6 Å². The summed E-state index contributed by atoms with van der Waals surface area (Å²) in [6.45, 7) is 1.86. The van der Waals surface area contributed by atoms with Gasteiger partial charge in [0.2, 0.25) is 5.91 Å². The maximum absolute atomic E-state index is 11.7. The molecular weight excluding hydrogens is 296 g/mol. The number of thioether (sulfide) groups is 1. The van der Waals surface area contributed by atoms with Crippen LogP contribution in [0.1, 0.15) is 11.3 Å². The van der Waals surface area contributed by atoms with E-state index in [-0.39, 0.29) is 23.0 Å². The van der Waals surface area contributed by atoms with Crippen LogP contribution in [0, 0.1) is 18.3 Å². The van der Waals surface area contributed by atoms with Crippen molar-refractivity contribution in [2.45, 2.75) is 12.1 Å². The lowest BCUT2D eigenvalue weighted by molar-refractivity contribution is -0.113. The Bertz CT molecular complexity index is 678. The first-order valence-corrected chi connectivity index (χ1v) is 7.32. The standard InChI is InChI=1S/C11H10N6OS2/c1-6-4-19-11(15-6)16-8(18)5-20-10-14-3-7(2-12)9(13)17-10/h3-4H,5H2,1H3,(H2,13,14,17)(H,15,16,18). The summed E-state index contributed by atoms with van der Waals surface area (Å²) in [6, 6.07) is 1.88. The van der Waals surface area contributed by atoms with Crippen LogP contribution in [0.5, 0.6) is 0 Å². The number of nitrogens with two attached hydrogens (primary N) is 1. The highest BCUT2D eigenvalue weighted by molar-refractivity contribution is 7.99. The Morgan fingerprint density at radius 1 is 1.60 bits per heavy atom. The highest BCUT2D eigenvalue weighted by Crippen LogP contribution is 2.18. The number of nitriles is 1. The summed E-state index contributed by atoms with van der Waals surface area (Å²) in [5, 5.41) is 14.2. The molecule has 0 bridgehead atoms. The van der Waals surface area contributed by atoms with E-state index in [1.807, 2.05) is 18.4 Å². The van der Waals surface area contributed by atoms with Crippen molar-refractivity contribution in [3.63, 3.8) is 0 Å². The molecular formula is C11H10N6OS2. The van der Waals surface area contributed by atoms with Crippen LogP contribution < -0.4 is 11.1 Å². The molecule has 0 spiro atoms. The monoisotopic (exact) mass is 306 g/mol. The minimum Gasteiger partial charge on any atom is -0.382 e. The van der Waals surface area contributed by atoms with Gasteiger partial charge in [0.25, 0.3) is 0 Å². The normalized spacial score (nSPS) is 10.0. The van der Waals surface area contributed by atoms with Crippen molar-refractivity contribution in [2.75, 3.05) is 16.8 Å². The molecule has 2 aromatic heterocycles. The van der Waals surface area contributed by atoms with E-state index in [1.54, 1.807) is 0 Å². The fraction of sp³-hybridized carbons (Fsp3) is 0.182. The molecule has 3 N–H and O–H groups in total. The summed E-state index contributed by atoms with van der Waals surface area (Å²) in [7, 11) is 0. The molecule has 2 heterocycles. The molecule has 7 nitrogen and oxygen atoms in total. The van der Waals surface area contributed by atoms with E-state index >= 15 is 0 Å². The van der Waals surface area contributed by atoms with E-state index in [1.165, 1.54) is 17.5 Å². The molecule has 1 amide bonds. The number of rotatable bonds is 4. The molecule has 2 aromatic rings. The Labute approximate surface area is 123 Å². The van der Waals surface area contributed by atoms with E-state index in [0.29, 0.717) is 10.3 Å². The number of aryl methyl sites for hydroxylation is 1. The Morgan fingerprint density at radius 2 is 2.40 bits per heavy atom. The molecule has 0 aliphatic carbocycles. The lowest BCUT2D eigenvalue weighted by Crippen LogP contribution is -2.14. The third-order valence-corrected chi connectivity index (χ3v) is 3.85. The van der Waals surface area contributed by atoms with Gasteiger partial charge in [-0.2, -0.15) is 5.26 Å². The maximum atomic E-state index is 11.7. The van der Waals surface area contributed by atoms with Gasteiger partial charge >= 0.3 is 0 Å². The number of thiazole rings is 1. The summed E-state index contributed by atoms with van der Waals surface area (Å²) in [5.74, 6) is 0.0566. The molecule has 102 valence electrons. The molecule has 0 aliphatic heterocycles. The van der Waals surface area contributed by atoms with Gasteiger partial charge in [-0.15, -0.1) is 11.3 Å². The number of hydrogen-bond donors (Lipinski definition) is 2. The van der Waals surface area contributed by atoms with Crippen LogP contribution in [0.15, 0.2) is 16.7 Å². The zero-order valence-electron chi connectivity index (χ0n) is 10.5. The first kappa shape index (κ1) is 14.2. The first-order valence-electron chi connectivity index (χ1n) is 5.46. The van der Waals surface area contributed by atoms with Gasteiger partial charge in [0.15, 0.2) is 10.3 Å².